The molecule has 1 aromatic rings. The van der Waals surface area contributed by atoms with Crippen LogP contribution in [0, 0.1) is 0 Å². The molecular weight excluding hydrogens is 160 g/mol. The Balaban J connectivity index is 3.00. The van der Waals surface area contributed by atoms with Crippen molar-refractivity contribution < 1.29 is 23.2 Å². The lowest BCUT2D eigenvalue weighted by molar-refractivity contribution is -0.167. The molecule has 0 aromatic carbocycles. The third-order valence-electron chi connectivity index (χ3n) is 1.03. The minimum absolute atomic E-state index is 0.800. The molecule has 6 heteroatoms. The second-order valence-electron chi connectivity index (χ2n) is 1.76. The van der Waals surface area contributed by atoms with Crippen LogP contribution in [0.2, 0.25) is 0 Å². The van der Waals surface area contributed by atoms with E-state index in [4.69, 9.17) is 5.11 Å². The summed E-state index contributed by atoms with van der Waals surface area (Å²) in [5.74, 6) is -6.21. The van der Waals surface area contributed by atoms with Gasteiger partial charge in [-0.25, -0.2) is 4.79 Å². The standard InChI is InChI=1S/C5H3F2NO3/c6-5(7,4(9)10)3-1-2-11-8-3/h1-2H,(H,9,10). The molecule has 4 nitrogen and oxygen atoms in total. The molecule has 0 atom stereocenters. The van der Waals surface area contributed by atoms with Crippen LogP contribution in [-0.2, 0) is 10.7 Å². The topological polar surface area (TPSA) is 63.3 Å². The summed E-state index contributed by atoms with van der Waals surface area (Å²) >= 11 is 0. The number of hydrogen-bond donors (Lipinski definition) is 1. The molecular formula is C5H3F2NO3. The molecule has 0 spiro atoms. The lowest BCUT2D eigenvalue weighted by atomic mass is 10.2. The number of alkyl halides is 2. The van der Waals surface area contributed by atoms with Gasteiger partial charge in [0.2, 0.25) is 0 Å². The zero-order valence-electron chi connectivity index (χ0n) is 5.12. The van der Waals surface area contributed by atoms with Crippen LogP contribution in [-0.4, -0.2) is 16.2 Å². The highest BCUT2D eigenvalue weighted by Gasteiger charge is 2.43. The maximum atomic E-state index is 12.4. The Morgan fingerprint density at radius 2 is 2.36 bits per heavy atom. The van der Waals surface area contributed by atoms with Gasteiger partial charge in [0.1, 0.15) is 6.26 Å². The van der Waals surface area contributed by atoms with Crippen LogP contribution in [0.1, 0.15) is 5.69 Å². The SMILES string of the molecule is O=C(O)C(F)(F)c1ccon1. The number of carboxylic acids is 1. The first kappa shape index (κ1) is 7.64. The van der Waals surface area contributed by atoms with Gasteiger partial charge in [-0.3, -0.25) is 0 Å². The third-order valence-corrected chi connectivity index (χ3v) is 1.03. The molecule has 0 radical (unpaired) electrons. The van der Waals surface area contributed by atoms with Gasteiger partial charge in [0.05, 0.1) is 0 Å². The first-order valence-electron chi connectivity index (χ1n) is 2.57. The van der Waals surface area contributed by atoms with Crippen molar-refractivity contribution in [2.45, 2.75) is 5.92 Å². The van der Waals surface area contributed by atoms with Crippen molar-refractivity contribution in [2.24, 2.45) is 0 Å². The number of rotatable bonds is 2. The summed E-state index contributed by atoms with van der Waals surface area (Å²) in [5, 5.41) is 10.8. The molecule has 0 amide bonds. The van der Waals surface area contributed by atoms with E-state index in [1.807, 2.05) is 0 Å². The minimum atomic E-state index is -3.97. The normalized spacial score (nSPS) is 11.5. The molecule has 0 aliphatic heterocycles. The van der Waals surface area contributed by atoms with Crippen molar-refractivity contribution in [1.29, 1.82) is 0 Å². The third kappa shape index (κ3) is 1.19. The number of carboxylic acid groups (broad SMARTS) is 1. The van der Waals surface area contributed by atoms with E-state index in [0.717, 1.165) is 12.3 Å². The number of nitrogens with zero attached hydrogens (tertiary/aromatic N) is 1. The van der Waals surface area contributed by atoms with Gasteiger partial charge in [-0.15, -0.1) is 0 Å². The van der Waals surface area contributed by atoms with E-state index in [-0.39, 0.29) is 0 Å². The van der Waals surface area contributed by atoms with E-state index in [2.05, 4.69) is 9.68 Å². The summed E-state index contributed by atoms with van der Waals surface area (Å²) in [7, 11) is 0. The Hall–Kier alpha value is -1.46. The molecule has 0 aliphatic rings. The van der Waals surface area contributed by atoms with Crippen molar-refractivity contribution in [3.05, 3.63) is 18.0 Å². The van der Waals surface area contributed by atoms with E-state index in [9.17, 15) is 13.6 Å². The van der Waals surface area contributed by atoms with Crippen molar-refractivity contribution in [3.8, 4) is 0 Å². The number of hydrogen-bond acceptors (Lipinski definition) is 3. The Morgan fingerprint density at radius 3 is 2.73 bits per heavy atom. The highest BCUT2D eigenvalue weighted by molar-refractivity contribution is 5.76. The molecule has 0 bridgehead atoms. The van der Waals surface area contributed by atoms with Gasteiger partial charge in [-0.05, 0) is 0 Å². The number of aliphatic carboxylic acids is 1. The summed E-state index contributed by atoms with van der Waals surface area (Å²) in [6.45, 7) is 0. The Kier molecular flexibility index (Phi) is 1.60. The van der Waals surface area contributed by atoms with E-state index in [1.54, 1.807) is 0 Å². The lowest BCUT2D eigenvalue weighted by Gasteiger charge is -2.04. The summed E-state index contributed by atoms with van der Waals surface area (Å²) in [4.78, 5) is 9.89. The van der Waals surface area contributed by atoms with Crippen molar-refractivity contribution in [2.75, 3.05) is 0 Å². The number of carbonyl (C=O) groups is 1. The van der Waals surface area contributed by atoms with Gasteiger partial charge >= 0.3 is 11.9 Å². The number of aromatic nitrogens is 1. The van der Waals surface area contributed by atoms with E-state index in [0.29, 0.717) is 0 Å². The van der Waals surface area contributed by atoms with Crippen LogP contribution in [0.25, 0.3) is 0 Å². The van der Waals surface area contributed by atoms with Gasteiger partial charge in [0.25, 0.3) is 0 Å². The average molecular weight is 163 g/mol. The molecule has 1 N–H and O–H groups in total. The Labute approximate surface area is 59.4 Å². The highest BCUT2D eigenvalue weighted by Crippen LogP contribution is 2.25. The van der Waals surface area contributed by atoms with E-state index >= 15 is 0 Å². The maximum Gasteiger partial charge on any atom is 0.387 e. The van der Waals surface area contributed by atoms with Crippen LogP contribution in [0.4, 0.5) is 8.78 Å². The average Bonchev–Trinajstić information content (AvgIpc) is 2.37. The summed E-state index contributed by atoms with van der Waals surface area (Å²) < 4.78 is 28.8. The van der Waals surface area contributed by atoms with Crippen LogP contribution in [0.5, 0.6) is 0 Å². The largest absolute Gasteiger partial charge is 0.476 e. The van der Waals surface area contributed by atoms with Gasteiger partial charge < -0.3 is 9.63 Å². The second kappa shape index (κ2) is 2.30. The van der Waals surface area contributed by atoms with Crippen molar-refractivity contribution in [3.63, 3.8) is 0 Å². The summed E-state index contributed by atoms with van der Waals surface area (Å²) in [6, 6.07) is 0.800. The maximum absolute atomic E-state index is 12.4. The molecule has 0 saturated carbocycles. The smallest absolute Gasteiger partial charge is 0.387 e. The molecule has 0 unspecified atom stereocenters. The van der Waals surface area contributed by atoms with Gasteiger partial charge in [-0.1, -0.05) is 5.16 Å². The van der Waals surface area contributed by atoms with Crippen LogP contribution in [0.15, 0.2) is 16.9 Å². The predicted molar refractivity (Wildman–Crippen MR) is 28.0 cm³/mol. The Bertz CT molecular complexity index is 257. The fourth-order valence-electron chi connectivity index (χ4n) is 0.484. The van der Waals surface area contributed by atoms with Gasteiger partial charge in [-0.2, -0.15) is 8.78 Å². The predicted octanol–water partition coefficient (Wildman–Crippen LogP) is 0.851. The van der Waals surface area contributed by atoms with E-state index < -0.39 is 17.6 Å². The fourth-order valence-corrected chi connectivity index (χ4v) is 0.484. The monoisotopic (exact) mass is 163 g/mol. The molecule has 60 valence electrons. The molecule has 1 rings (SSSR count). The van der Waals surface area contributed by atoms with Crippen LogP contribution in [0.3, 0.4) is 0 Å². The first-order chi connectivity index (χ1) is 5.05. The zero-order chi connectivity index (χ0) is 8.48. The van der Waals surface area contributed by atoms with Gasteiger partial charge in [0, 0.05) is 6.07 Å². The van der Waals surface area contributed by atoms with E-state index in [1.165, 1.54) is 0 Å². The zero-order valence-corrected chi connectivity index (χ0v) is 5.12. The Morgan fingerprint density at radius 1 is 1.73 bits per heavy atom. The van der Waals surface area contributed by atoms with Crippen LogP contribution >= 0.6 is 0 Å². The highest BCUT2D eigenvalue weighted by atomic mass is 19.3. The molecule has 0 fully saturated rings. The molecule has 1 heterocycles. The second-order valence-corrected chi connectivity index (χ2v) is 1.76. The lowest BCUT2D eigenvalue weighted by Crippen LogP contribution is -2.25. The van der Waals surface area contributed by atoms with Gasteiger partial charge in [0.15, 0.2) is 5.69 Å². The fraction of sp³-hybridized carbons (Fsp3) is 0.200. The summed E-state index contributed by atoms with van der Waals surface area (Å²) in [6.07, 6.45) is 0.881. The first-order valence-corrected chi connectivity index (χ1v) is 2.57. The molecule has 11 heavy (non-hydrogen) atoms. The number of halogens is 2. The molecule has 0 saturated heterocycles. The minimum Gasteiger partial charge on any atom is -0.476 e. The summed E-state index contributed by atoms with van der Waals surface area (Å²) in [5.41, 5.74) is -0.898. The van der Waals surface area contributed by atoms with Crippen LogP contribution < -0.4 is 0 Å². The van der Waals surface area contributed by atoms with Crippen molar-refractivity contribution >= 4 is 5.97 Å². The molecule has 0 aliphatic carbocycles. The molecule has 1 aromatic heterocycles. The quantitative estimate of drug-likeness (QED) is 0.701. The van der Waals surface area contributed by atoms with Crippen molar-refractivity contribution in [1.82, 2.24) is 5.16 Å².